The van der Waals surface area contributed by atoms with Crippen molar-refractivity contribution in [3.05, 3.63) is 40.9 Å². The van der Waals surface area contributed by atoms with E-state index in [1.165, 1.54) is 10.8 Å². The highest BCUT2D eigenvalue weighted by molar-refractivity contribution is 9.10. The predicted molar refractivity (Wildman–Crippen MR) is 82.2 cm³/mol. The minimum absolute atomic E-state index is 0.195. The van der Waals surface area contributed by atoms with Crippen molar-refractivity contribution in [2.45, 2.75) is 12.5 Å². The maximum Gasteiger partial charge on any atom is 0.0698 e. The fraction of sp³-hybridized carbons (Fsp3) is 0.333. The number of hydrazine groups is 1. The number of fused-ring (bicyclic) bond motifs is 1. The Hall–Kier alpha value is -1.10. The lowest BCUT2D eigenvalue weighted by Crippen LogP contribution is -2.38. The number of aliphatic hydroxyl groups excluding tert-OH is 1. The zero-order chi connectivity index (χ0) is 13.4. The second-order valence-electron chi connectivity index (χ2n) is 5.05. The summed E-state index contributed by atoms with van der Waals surface area (Å²) in [5.41, 5.74) is 1.16. The molecular formula is C15H17BrN2O. The molecular weight excluding hydrogens is 304 g/mol. The molecule has 3 rings (SSSR count). The van der Waals surface area contributed by atoms with E-state index in [0.29, 0.717) is 0 Å². The van der Waals surface area contributed by atoms with Gasteiger partial charge in [0.15, 0.2) is 0 Å². The quantitative estimate of drug-likeness (QED) is 0.921. The molecule has 1 N–H and O–H groups in total. The number of halogens is 1. The van der Waals surface area contributed by atoms with Gasteiger partial charge in [0.25, 0.3) is 0 Å². The fourth-order valence-electron chi connectivity index (χ4n) is 2.56. The summed E-state index contributed by atoms with van der Waals surface area (Å²) in [6.07, 6.45) is 0.657. The van der Waals surface area contributed by atoms with Crippen molar-refractivity contribution in [2.24, 2.45) is 0 Å². The second-order valence-corrected chi connectivity index (χ2v) is 5.97. The SMILES string of the molecule is CN(c1ccc2cc(Br)ccc2c1)N1CCC(O)C1. The van der Waals surface area contributed by atoms with Crippen LogP contribution in [0, 0.1) is 0 Å². The molecule has 2 aromatic carbocycles. The summed E-state index contributed by atoms with van der Waals surface area (Å²) < 4.78 is 1.10. The molecule has 19 heavy (non-hydrogen) atoms. The number of hydrogen-bond donors (Lipinski definition) is 1. The molecule has 4 heteroatoms. The van der Waals surface area contributed by atoms with Gasteiger partial charge in [-0.15, -0.1) is 0 Å². The van der Waals surface area contributed by atoms with Crippen LogP contribution in [0.5, 0.6) is 0 Å². The van der Waals surface area contributed by atoms with Crippen LogP contribution in [0.1, 0.15) is 6.42 Å². The highest BCUT2D eigenvalue weighted by Gasteiger charge is 2.23. The van der Waals surface area contributed by atoms with Gasteiger partial charge in [-0.25, -0.2) is 5.01 Å². The number of benzene rings is 2. The second kappa shape index (κ2) is 5.12. The minimum Gasteiger partial charge on any atom is -0.392 e. The van der Waals surface area contributed by atoms with Crippen LogP contribution in [0.15, 0.2) is 40.9 Å². The van der Waals surface area contributed by atoms with E-state index in [1.54, 1.807) is 0 Å². The van der Waals surface area contributed by atoms with Gasteiger partial charge >= 0.3 is 0 Å². The first-order valence-corrected chi connectivity index (χ1v) is 7.29. The van der Waals surface area contributed by atoms with Gasteiger partial charge in [0.1, 0.15) is 0 Å². The van der Waals surface area contributed by atoms with Crippen molar-refractivity contribution < 1.29 is 5.11 Å². The topological polar surface area (TPSA) is 26.7 Å². The Kier molecular flexibility index (Phi) is 3.48. The van der Waals surface area contributed by atoms with E-state index in [0.717, 1.165) is 29.7 Å². The molecule has 1 atom stereocenters. The summed E-state index contributed by atoms with van der Waals surface area (Å²) in [6, 6.07) is 12.8. The first-order valence-electron chi connectivity index (χ1n) is 6.49. The summed E-state index contributed by atoms with van der Waals surface area (Å²) in [6.45, 7) is 1.63. The first-order chi connectivity index (χ1) is 9.13. The van der Waals surface area contributed by atoms with Crippen molar-refractivity contribution in [1.82, 2.24) is 5.01 Å². The van der Waals surface area contributed by atoms with E-state index in [4.69, 9.17) is 0 Å². The predicted octanol–water partition coefficient (Wildman–Crippen LogP) is 3.02. The Morgan fingerprint density at radius 1 is 1.21 bits per heavy atom. The van der Waals surface area contributed by atoms with Crippen molar-refractivity contribution in [3.63, 3.8) is 0 Å². The number of hydrogen-bond acceptors (Lipinski definition) is 3. The van der Waals surface area contributed by atoms with Crippen molar-refractivity contribution in [2.75, 3.05) is 25.1 Å². The van der Waals surface area contributed by atoms with Gasteiger partial charge in [0.2, 0.25) is 0 Å². The average Bonchev–Trinajstić information content (AvgIpc) is 2.84. The largest absolute Gasteiger partial charge is 0.392 e. The normalized spacial score (nSPS) is 20.1. The van der Waals surface area contributed by atoms with Crippen LogP contribution in [-0.4, -0.2) is 36.4 Å². The van der Waals surface area contributed by atoms with Gasteiger partial charge < -0.3 is 10.1 Å². The lowest BCUT2D eigenvalue weighted by atomic mass is 10.1. The third kappa shape index (κ3) is 2.61. The van der Waals surface area contributed by atoms with Gasteiger partial charge in [-0.2, -0.15) is 0 Å². The molecule has 100 valence electrons. The van der Waals surface area contributed by atoms with Crippen LogP contribution >= 0.6 is 15.9 Å². The molecule has 1 fully saturated rings. The molecule has 1 heterocycles. The molecule has 0 saturated carbocycles. The molecule has 1 saturated heterocycles. The maximum absolute atomic E-state index is 9.62. The van der Waals surface area contributed by atoms with Gasteiger partial charge in [-0.1, -0.05) is 28.1 Å². The Balaban J connectivity index is 1.90. The number of anilines is 1. The van der Waals surface area contributed by atoms with E-state index < -0.39 is 0 Å². The van der Waals surface area contributed by atoms with Crippen LogP contribution in [0.3, 0.4) is 0 Å². The molecule has 0 bridgehead atoms. The highest BCUT2D eigenvalue weighted by Crippen LogP contribution is 2.26. The third-order valence-corrected chi connectivity index (χ3v) is 4.22. The zero-order valence-corrected chi connectivity index (χ0v) is 12.5. The van der Waals surface area contributed by atoms with E-state index in [-0.39, 0.29) is 6.10 Å². The van der Waals surface area contributed by atoms with Crippen LogP contribution in [0.25, 0.3) is 10.8 Å². The average molecular weight is 321 g/mol. The summed E-state index contributed by atoms with van der Waals surface area (Å²) in [5, 5.41) is 16.4. The molecule has 0 aromatic heterocycles. The molecule has 1 unspecified atom stereocenters. The zero-order valence-electron chi connectivity index (χ0n) is 10.9. The number of rotatable bonds is 2. The molecule has 0 aliphatic carbocycles. The summed E-state index contributed by atoms with van der Waals surface area (Å²) >= 11 is 3.49. The van der Waals surface area contributed by atoms with Gasteiger partial charge in [-0.3, -0.25) is 0 Å². The van der Waals surface area contributed by atoms with E-state index >= 15 is 0 Å². The van der Waals surface area contributed by atoms with Gasteiger partial charge in [0, 0.05) is 24.6 Å². The monoisotopic (exact) mass is 320 g/mol. The van der Waals surface area contributed by atoms with Crippen LogP contribution in [-0.2, 0) is 0 Å². The standard InChI is InChI=1S/C15H17BrN2O/c1-17(18-7-6-15(19)10-18)14-5-3-11-8-13(16)4-2-12(11)9-14/h2-5,8-9,15,19H,6-7,10H2,1H3. The van der Waals surface area contributed by atoms with Gasteiger partial charge in [-0.05, 0) is 41.5 Å². The van der Waals surface area contributed by atoms with Crippen molar-refractivity contribution in [1.29, 1.82) is 0 Å². The molecule has 3 nitrogen and oxygen atoms in total. The van der Waals surface area contributed by atoms with Crippen LogP contribution in [0.4, 0.5) is 5.69 Å². The lowest BCUT2D eigenvalue weighted by Gasteiger charge is -2.30. The molecule has 0 spiro atoms. The molecule has 1 aliphatic rings. The summed E-state index contributed by atoms with van der Waals surface area (Å²) in [4.78, 5) is 0. The summed E-state index contributed by atoms with van der Waals surface area (Å²) in [5.74, 6) is 0. The molecule has 0 amide bonds. The molecule has 2 aromatic rings. The Morgan fingerprint density at radius 3 is 2.68 bits per heavy atom. The minimum atomic E-state index is -0.195. The van der Waals surface area contributed by atoms with Crippen LogP contribution in [0.2, 0.25) is 0 Å². The lowest BCUT2D eigenvalue weighted by molar-refractivity contribution is 0.174. The highest BCUT2D eigenvalue weighted by atomic mass is 79.9. The maximum atomic E-state index is 9.62. The number of nitrogens with zero attached hydrogens (tertiary/aromatic N) is 2. The van der Waals surface area contributed by atoms with Gasteiger partial charge in [0.05, 0.1) is 11.8 Å². The Bertz CT molecular complexity index is 602. The van der Waals surface area contributed by atoms with E-state index in [9.17, 15) is 5.11 Å². The van der Waals surface area contributed by atoms with Crippen molar-refractivity contribution in [3.8, 4) is 0 Å². The Labute approximate surface area is 121 Å². The first kappa shape index (κ1) is 12.9. The number of β-amino-alcohol motifs (C(OH)–C–C–N with tert-alkyl or cyclic N) is 1. The molecule has 1 aliphatic heterocycles. The van der Waals surface area contributed by atoms with Crippen LogP contribution < -0.4 is 5.01 Å². The molecule has 0 radical (unpaired) electrons. The van der Waals surface area contributed by atoms with E-state index in [2.05, 4.69) is 69.4 Å². The summed E-state index contributed by atoms with van der Waals surface area (Å²) in [7, 11) is 2.05. The number of aliphatic hydroxyl groups is 1. The van der Waals surface area contributed by atoms with Crippen molar-refractivity contribution >= 4 is 32.4 Å². The Morgan fingerprint density at radius 2 is 1.95 bits per heavy atom. The third-order valence-electron chi connectivity index (χ3n) is 3.73. The van der Waals surface area contributed by atoms with E-state index in [1.807, 2.05) is 0 Å². The smallest absolute Gasteiger partial charge is 0.0698 e. The fourth-order valence-corrected chi connectivity index (χ4v) is 2.94.